The summed E-state index contributed by atoms with van der Waals surface area (Å²) in [5.74, 6) is 6.11. The lowest BCUT2D eigenvalue weighted by atomic mass is 9.79. The van der Waals surface area contributed by atoms with Crippen LogP contribution in [-0.2, 0) is 0 Å². The number of halogens is 2. The van der Waals surface area contributed by atoms with Gasteiger partial charge in [-0.2, -0.15) is 0 Å². The van der Waals surface area contributed by atoms with Crippen molar-refractivity contribution < 1.29 is 4.39 Å². The summed E-state index contributed by atoms with van der Waals surface area (Å²) in [4.78, 5) is 0. The van der Waals surface area contributed by atoms with E-state index in [1.807, 2.05) is 12.1 Å². The normalized spacial score (nSPS) is 16.5. The first-order valence-electron chi connectivity index (χ1n) is 7.20. The fourth-order valence-electron chi connectivity index (χ4n) is 2.81. The molecule has 1 atom stereocenters. The Kier molecular flexibility index (Phi) is 4.38. The highest BCUT2D eigenvalue weighted by Crippen LogP contribution is 2.37. The number of hydrogen-bond acceptors (Lipinski definition) is 2. The molecule has 3 rings (SSSR count). The lowest BCUT2D eigenvalue weighted by Crippen LogP contribution is -2.29. The molecule has 4 heteroatoms. The van der Waals surface area contributed by atoms with Crippen molar-refractivity contribution in [1.82, 2.24) is 5.43 Å². The van der Waals surface area contributed by atoms with Crippen molar-refractivity contribution >= 4 is 15.9 Å². The molecular formula is C17H18BrFN2. The molecule has 2 aromatic rings. The zero-order chi connectivity index (χ0) is 14.8. The maximum absolute atomic E-state index is 13.7. The Morgan fingerprint density at radius 1 is 1.14 bits per heavy atom. The summed E-state index contributed by atoms with van der Waals surface area (Å²) in [7, 11) is 0. The first-order valence-corrected chi connectivity index (χ1v) is 7.99. The first-order chi connectivity index (χ1) is 10.2. The van der Waals surface area contributed by atoms with Crippen LogP contribution in [0.25, 0.3) is 0 Å². The Morgan fingerprint density at radius 2 is 1.90 bits per heavy atom. The van der Waals surface area contributed by atoms with Crippen molar-refractivity contribution in [3.63, 3.8) is 0 Å². The van der Waals surface area contributed by atoms with Crippen LogP contribution in [0.4, 0.5) is 4.39 Å². The predicted octanol–water partition coefficient (Wildman–Crippen LogP) is 4.41. The average Bonchev–Trinajstić information content (AvgIpc) is 2.42. The van der Waals surface area contributed by atoms with E-state index >= 15 is 0 Å². The summed E-state index contributed by atoms with van der Waals surface area (Å²) in [6, 6.07) is 13.4. The quantitative estimate of drug-likeness (QED) is 0.634. The zero-order valence-corrected chi connectivity index (χ0v) is 13.2. The van der Waals surface area contributed by atoms with E-state index in [1.165, 1.54) is 30.9 Å². The van der Waals surface area contributed by atoms with Crippen LogP contribution in [0.3, 0.4) is 0 Å². The van der Waals surface area contributed by atoms with Crippen molar-refractivity contribution in [3.8, 4) is 0 Å². The molecule has 0 aliphatic heterocycles. The summed E-state index contributed by atoms with van der Waals surface area (Å²) < 4.78 is 14.2. The number of nitrogens with one attached hydrogen (secondary N) is 1. The van der Waals surface area contributed by atoms with Crippen LogP contribution in [0, 0.1) is 5.82 Å². The second-order valence-electron chi connectivity index (χ2n) is 5.57. The third-order valence-electron chi connectivity index (χ3n) is 4.26. The maximum Gasteiger partial charge on any atom is 0.137 e. The number of rotatable bonds is 4. The maximum atomic E-state index is 13.7. The molecule has 1 aliphatic carbocycles. The Hall–Kier alpha value is -1.23. The van der Waals surface area contributed by atoms with Crippen LogP contribution in [-0.4, -0.2) is 0 Å². The van der Waals surface area contributed by atoms with E-state index in [2.05, 4.69) is 39.6 Å². The smallest absolute Gasteiger partial charge is 0.137 e. The van der Waals surface area contributed by atoms with Crippen LogP contribution in [0.5, 0.6) is 0 Å². The Balaban J connectivity index is 1.93. The largest absolute Gasteiger partial charge is 0.271 e. The molecule has 0 spiro atoms. The Bertz CT molecular complexity index is 640. The molecule has 1 saturated carbocycles. The second-order valence-corrected chi connectivity index (χ2v) is 6.43. The van der Waals surface area contributed by atoms with Crippen LogP contribution >= 0.6 is 15.9 Å². The number of benzene rings is 2. The molecule has 2 nitrogen and oxygen atoms in total. The van der Waals surface area contributed by atoms with Crippen molar-refractivity contribution in [3.05, 3.63) is 69.4 Å². The van der Waals surface area contributed by atoms with E-state index in [4.69, 9.17) is 5.84 Å². The topological polar surface area (TPSA) is 38.0 Å². The highest BCUT2D eigenvalue weighted by molar-refractivity contribution is 9.10. The van der Waals surface area contributed by atoms with Crippen LogP contribution < -0.4 is 11.3 Å². The van der Waals surface area contributed by atoms with Gasteiger partial charge in [-0.3, -0.25) is 5.84 Å². The number of hydrogen-bond donors (Lipinski definition) is 2. The number of hydrazine groups is 1. The average molecular weight is 349 g/mol. The molecule has 1 unspecified atom stereocenters. The molecule has 1 aliphatic rings. The van der Waals surface area contributed by atoms with E-state index in [9.17, 15) is 4.39 Å². The SMILES string of the molecule is NNC(c1cccc(C2CCC2)c1)c1ccc(Br)c(F)c1. The second kappa shape index (κ2) is 6.26. The van der Waals surface area contributed by atoms with Gasteiger partial charge in [-0.1, -0.05) is 36.8 Å². The molecule has 0 amide bonds. The van der Waals surface area contributed by atoms with E-state index in [-0.39, 0.29) is 11.9 Å². The van der Waals surface area contributed by atoms with E-state index in [1.54, 1.807) is 6.07 Å². The van der Waals surface area contributed by atoms with Gasteiger partial charge in [0.05, 0.1) is 10.5 Å². The highest BCUT2D eigenvalue weighted by Gasteiger charge is 2.21. The summed E-state index contributed by atoms with van der Waals surface area (Å²) in [5, 5.41) is 0. The van der Waals surface area contributed by atoms with Gasteiger partial charge in [0.15, 0.2) is 0 Å². The minimum Gasteiger partial charge on any atom is -0.271 e. The Labute approximate surface area is 132 Å². The van der Waals surface area contributed by atoms with Gasteiger partial charge in [0, 0.05) is 0 Å². The van der Waals surface area contributed by atoms with Crippen LogP contribution in [0.15, 0.2) is 46.9 Å². The molecule has 2 aromatic carbocycles. The number of nitrogens with two attached hydrogens (primary N) is 1. The van der Waals surface area contributed by atoms with Gasteiger partial charge in [-0.05, 0) is 63.5 Å². The van der Waals surface area contributed by atoms with Crippen LogP contribution in [0.2, 0.25) is 0 Å². The summed E-state index contributed by atoms with van der Waals surface area (Å²) >= 11 is 3.18. The molecule has 0 heterocycles. The van der Waals surface area contributed by atoms with Gasteiger partial charge in [0.2, 0.25) is 0 Å². The molecule has 0 aromatic heterocycles. The standard InChI is InChI=1S/C17H18BrFN2/c18-15-8-7-14(10-16(15)19)17(21-20)13-6-2-5-12(9-13)11-3-1-4-11/h2,5-11,17,21H,1,3-4,20H2. The fraction of sp³-hybridized carbons (Fsp3) is 0.294. The van der Waals surface area contributed by atoms with Gasteiger partial charge >= 0.3 is 0 Å². The van der Waals surface area contributed by atoms with E-state index in [0.29, 0.717) is 10.4 Å². The molecule has 3 N–H and O–H groups in total. The van der Waals surface area contributed by atoms with E-state index in [0.717, 1.165) is 11.1 Å². The summed E-state index contributed by atoms with van der Waals surface area (Å²) in [6.45, 7) is 0. The summed E-state index contributed by atoms with van der Waals surface area (Å²) in [5.41, 5.74) is 6.06. The molecular weight excluding hydrogens is 331 g/mol. The van der Waals surface area contributed by atoms with Crippen molar-refractivity contribution in [2.24, 2.45) is 5.84 Å². The van der Waals surface area contributed by atoms with Crippen molar-refractivity contribution in [1.29, 1.82) is 0 Å². The molecule has 110 valence electrons. The van der Waals surface area contributed by atoms with Gasteiger partial charge in [0.25, 0.3) is 0 Å². The van der Waals surface area contributed by atoms with Gasteiger partial charge in [0.1, 0.15) is 5.82 Å². The fourth-order valence-corrected chi connectivity index (χ4v) is 3.06. The van der Waals surface area contributed by atoms with Crippen molar-refractivity contribution in [2.75, 3.05) is 0 Å². The first kappa shape index (κ1) is 14.7. The molecule has 21 heavy (non-hydrogen) atoms. The minimum absolute atomic E-state index is 0.201. The van der Waals surface area contributed by atoms with Gasteiger partial charge in [-0.15, -0.1) is 0 Å². The zero-order valence-electron chi connectivity index (χ0n) is 11.7. The third-order valence-corrected chi connectivity index (χ3v) is 4.91. The Morgan fingerprint density at radius 3 is 2.52 bits per heavy atom. The molecule has 0 bridgehead atoms. The lowest BCUT2D eigenvalue weighted by molar-refractivity contribution is 0.419. The molecule has 0 saturated heterocycles. The van der Waals surface area contributed by atoms with Crippen molar-refractivity contribution in [2.45, 2.75) is 31.2 Å². The van der Waals surface area contributed by atoms with Crippen LogP contribution in [0.1, 0.15) is 47.9 Å². The van der Waals surface area contributed by atoms with Gasteiger partial charge in [-0.25, -0.2) is 9.82 Å². The lowest BCUT2D eigenvalue weighted by Gasteiger charge is -2.27. The summed E-state index contributed by atoms with van der Waals surface area (Å²) in [6.07, 6.45) is 3.83. The molecule has 1 fully saturated rings. The third kappa shape index (κ3) is 3.03. The monoisotopic (exact) mass is 348 g/mol. The predicted molar refractivity (Wildman–Crippen MR) is 86.3 cm³/mol. The highest BCUT2D eigenvalue weighted by atomic mass is 79.9. The van der Waals surface area contributed by atoms with E-state index < -0.39 is 0 Å². The van der Waals surface area contributed by atoms with Gasteiger partial charge < -0.3 is 0 Å². The minimum atomic E-state index is -0.275. The molecule has 0 radical (unpaired) electrons.